The highest BCUT2D eigenvalue weighted by Crippen LogP contribution is 2.36. The molecule has 0 atom stereocenters. The van der Waals surface area contributed by atoms with Gasteiger partial charge in [0.05, 0.1) is 11.1 Å². The Morgan fingerprint density at radius 2 is 1.17 bits per heavy atom. The third kappa shape index (κ3) is 2.77. The zero-order chi connectivity index (χ0) is 17.1. The van der Waals surface area contributed by atoms with E-state index < -0.39 is 11.8 Å². The topological polar surface area (TPSA) is 86.2 Å². The summed E-state index contributed by atoms with van der Waals surface area (Å²) in [5, 5.41) is 0. The lowest BCUT2D eigenvalue weighted by Crippen LogP contribution is -2.22. The van der Waals surface area contributed by atoms with Gasteiger partial charge in [0.15, 0.2) is 0 Å². The third-order valence-corrected chi connectivity index (χ3v) is 3.86. The first-order valence-corrected chi connectivity index (χ1v) is 7.47. The average Bonchev–Trinajstić information content (AvgIpc) is 2.61. The van der Waals surface area contributed by atoms with Crippen LogP contribution in [0.25, 0.3) is 22.3 Å². The molecule has 0 saturated carbocycles. The Morgan fingerprint density at radius 3 is 1.67 bits per heavy atom. The van der Waals surface area contributed by atoms with E-state index in [2.05, 4.69) is 0 Å². The molecule has 0 unspecified atom stereocenters. The fraction of sp³-hybridized carbons (Fsp3) is 0. The fourth-order valence-corrected chi connectivity index (χ4v) is 2.83. The predicted molar refractivity (Wildman–Crippen MR) is 94.3 cm³/mol. The third-order valence-electron chi connectivity index (χ3n) is 3.86. The Labute approximate surface area is 139 Å². The summed E-state index contributed by atoms with van der Waals surface area (Å²) < 4.78 is 0. The highest BCUT2D eigenvalue weighted by atomic mass is 16.2. The summed E-state index contributed by atoms with van der Waals surface area (Å²) >= 11 is 0. The van der Waals surface area contributed by atoms with Crippen LogP contribution in [0.3, 0.4) is 0 Å². The summed E-state index contributed by atoms with van der Waals surface area (Å²) in [6.07, 6.45) is 0. The zero-order valence-electron chi connectivity index (χ0n) is 12.9. The summed E-state index contributed by atoms with van der Waals surface area (Å²) in [5.74, 6) is -1.36. The van der Waals surface area contributed by atoms with Crippen LogP contribution >= 0.6 is 0 Å². The van der Waals surface area contributed by atoms with Crippen molar-refractivity contribution in [1.82, 2.24) is 0 Å². The van der Waals surface area contributed by atoms with Crippen molar-refractivity contribution in [2.75, 3.05) is 0 Å². The lowest BCUT2D eigenvalue weighted by atomic mass is 9.87. The van der Waals surface area contributed by atoms with E-state index >= 15 is 0 Å². The first kappa shape index (κ1) is 15.5. The largest absolute Gasteiger partial charge is 0.366 e. The van der Waals surface area contributed by atoms with Gasteiger partial charge in [0, 0.05) is 5.56 Å². The number of amides is 2. The molecule has 0 aliphatic carbocycles. The number of nitrogens with two attached hydrogens (primary N) is 2. The van der Waals surface area contributed by atoms with Gasteiger partial charge in [-0.05, 0) is 22.8 Å². The van der Waals surface area contributed by atoms with Crippen LogP contribution in [-0.2, 0) is 0 Å². The number of hydrogen-bond acceptors (Lipinski definition) is 2. The highest BCUT2D eigenvalue weighted by Gasteiger charge is 2.22. The standard InChI is InChI=1S/C20H16N2O2/c21-19(23)16-12-11-15(13-7-3-1-4-8-13)17(18(16)20(22)24)14-9-5-2-6-10-14/h1-12H,(H2,21,23)(H2,22,24). The van der Waals surface area contributed by atoms with E-state index in [1.54, 1.807) is 12.1 Å². The van der Waals surface area contributed by atoms with Crippen molar-refractivity contribution in [1.29, 1.82) is 0 Å². The minimum absolute atomic E-state index is 0.126. The number of primary amides is 2. The lowest BCUT2D eigenvalue weighted by molar-refractivity contribution is 0.0968. The second-order valence-electron chi connectivity index (χ2n) is 5.37. The molecule has 0 heterocycles. The van der Waals surface area contributed by atoms with Gasteiger partial charge in [-0.2, -0.15) is 0 Å². The maximum absolute atomic E-state index is 12.1. The molecule has 0 aliphatic rings. The zero-order valence-corrected chi connectivity index (χ0v) is 12.9. The molecule has 0 bridgehead atoms. The quantitative estimate of drug-likeness (QED) is 0.774. The molecule has 0 spiro atoms. The Bertz CT molecular complexity index is 904. The minimum atomic E-state index is -0.680. The molecular weight excluding hydrogens is 300 g/mol. The lowest BCUT2D eigenvalue weighted by Gasteiger charge is -2.16. The normalized spacial score (nSPS) is 10.3. The molecule has 2 amide bonds. The maximum atomic E-state index is 12.1. The van der Waals surface area contributed by atoms with E-state index in [1.807, 2.05) is 60.7 Å². The van der Waals surface area contributed by atoms with Gasteiger partial charge in [0.1, 0.15) is 0 Å². The summed E-state index contributed by atoms with van der Waals surface area (Å²) in [6, 6.07) is 22.3. The molecule has 3 rings (SSSR count). The van der Waals surface area contributed by atoms with E-state index in [0.717, 1.165) is 16.7 Å². The smallest absolute Gasteiger partial charge is 0.250 e. The van der Waals surface area contributed by atoms with Gasteiger partial charge in [-0.3, -0.25) is 9.59 Å². The number of benzene rings is 3. The van der Waals surface area contributed by atoms with Crippen molar-refractivity contribution in [3.05, 3.63) is 83.9 Å². The van der Waals surface area contributed by atoms with Crippen LogP contribution in [0.5, 0.6) is 0 Å². The van der Waals surface area contributed by atoms with Crippen LogP contribution < -0.4 is 11.5 Å². The first-order chi connectivity index (χ1) is 11.6. The molecular formula is C20H16N2O2. The van der Waals surface area contributed by atoms with Crippen molar-refractivity contribution in [2.24, 2.45) is 11.5 Å². The van der Waals surface area contributed by atoms with Crippen LogP contribution in [0.2, 0.25) is 0 Å². The van der Waals surface area contributed by atoms with E-state index in [9.17, 15) is 9.59 Å². The number of rotatable bonds is 4. The van der Waals surface area contributed by atoms with Crippen LogP contribution in [0.15, 0.2) is 72.8 Å². The Kier molecular flexibility index (Phi) is 4.12. The van der Waals surface area contributed by atoms with Crippen LogP contribution in [0, 0.1) is 0 Å². The van der Waals surface area contributed by atoms with E-state index in [-0.39, 0.29) is 11.1 Å². The van der Waals surface area contributed by atoms with Crippen LogP contribution in [0.4, 0.5) is 0 Å². The van der Waals surface area contributed by atoms with Crippen LogP contribution in [-0.4, -0.2) is 11.8 Å². The molecule has 0 fully saturated rings. The van der Waals surface area contributed by atoms with Gasteiger partial charge in [0.25, 0.3) is 0 Å². The number of hydrogen-bond donors (Lipinski definition) is 2. The number of carbonyl (C=O) groups is 2. The SMILES string of the molecule is NC(=O)c1ccc(-c2ccccc2)c(-c2ccccc2)c1C(N)=O. The molecule has 4 nitrogen and oxygen atoms in total. The van der Waals surface area contributed by atoms with Gasteiger partial charge in [0.2, 0.25) is 11.8 Å². The Morgan fingerprint density at radius 1 is 0.625 bits per heavy atom. The van der Waals surface area contributed by atoms with Gasteiger partial charge < -0.3 is 11.5 Å². The summed E-state index contributed by atoms with van der Waals surface area (Å²) in [4.78, 5) is 23.9. The van der Waals surface area contributed by atoms with E-state index in [0.29, 0.717) is 5.56 Å². The van der Waals surface area contributed by atoms with Crippen LogP contribution in [0.1, 0.15) is 20.7 Å². The molecule has 4 N–H and O–H groups in total. The molecule has 0 saturated heterocycles. The number of carbonyl (C=O) groups excluding carboxylic acids is 2. The summed E-state index contributed by atoms with van der Waals surface area (Å²) in [7, 11) is 0. The van der Waals surface area contributed by atoms with Gasteiger partial charge in [-0.1, -0.05) is 66.7 Å². The van der Waals surface area contributed by atoms with E-state index in [4.69, 9.17) is 11.5 Å². The monoisotopic (exact) mass is 316 g/mol. The molecule has 0 aliphatic heterocycles. The maximum Gasteiger partial charge on any atom is 0.250 e. The second kappa shape index (κ2) is 6.38. The van der Waals surface area contributed by atoms with Crippen molar-refractivity contribution < 1.29 is 9.59 Å². The molecule has 24 heavy (non-hydrogen) atoms. The highest BCUT2D eigenvalue weighted by molar-refractivity contribution is 6.12. The van der Waals surface area contributed by atoms with Crippen molar-refractivity contribution in [3.63, 3.8) is 0 Å². The molecule has 3 aromatic carbocycles. The molecule has 0 radical (unpaired) electrons. The second-order valence-corrected chi connectivity index (χ2v) is 5.37. The Hall–Kier alpha value is -3.40. The van der Waals surface area contributed by atoms with Crippen molar-refractivity contribution in [3.8, 4) is 22.3 Å². The predicted octanol–water partition coefficient (Wildman–Crippen LogP) is 3.22. The fourth-order valence-electron chi connectivity index (χ4n) is 2.83. The van der Waals surface area contributed by atoms with E-state index in [1.165, 1.54) is 0 Å². The minimum Gasteiger partial charge on any atom is -0.366 e. The molecule has 118 valence electrons. The average molecular weight is 316 g/mol. The molecule has 0 aromatic heterocycles. The van der Waals surface area contributed by atoms with Gasteiger partial charge in [-0.25, -0.2) is 0 Å². The summed E-state index contributed by atoms with van der Waals surface area (Å²) in [5.41, 5.74) is 14.5. The van der Waals surface area contributed by atoms with Crippen molar-refractivity contribution in [2.45, 2.75) is 0 Å². The Balaban J connectivity index is 2.42. The van der Waals surface area contributed by atoms with Gasteiger partial charge in [-0.15, -0.1) is 0 Å². The molecule has 3 aromatic rings. The van der Waals surface area contributed by atoms with Gasteiger partial charge >= 0.3 is 0 Å². The summed E-state index contributed by atoms with van der Waals surface area (Å²) in [6.45, 7) is 0. The van der Waals surface area contributed by atoms with Crippen molar-refractivity contribution >= 4 is 11.8 Å². The molecule has 4 heteroatoms. The first-order valence-electron chi connectivity index (χ1n) is 7.47.